The topological polar surface area (TPSA) is 40.5 Å². The van der Waals surface area contributed by atoms with E-state index in [0.29, 0.717) is 12.3 Å². The van der Waals surface area contributed by atoms with Gasteiger partial charge >= 0.3 is 0 Å². The summed E-state index contributed by atoms with van der Waals surface area (Å²) in [7, 11) is 0. The number of halogens is 1. The normalized spacial score (nSPS) is 14.7. The van der Waals surface area contributed by atoms with Crippen molar-refractivity contribution in [3.8, 4) is 0 Å². The average molecular weight is 265 g/mol. The highest BCUT2D eigenvalue weighted by molar-refractivity contribution is 6.17. The second-order valence-corrected chi connectivity index (χ2v) is 4.89. The van der Waals surface area contributed by atoms with Gasteiger partial charge in [-0.05, 0) is 35.2 Å². The summed E-state index contributed by atoms with van der Waals surface area (Å²) in [6, 6.07) is 11.7. The van der Waals surface area contributed by atoms with Gasteiger partial charge in [0.1, 0.15) is 6.10 Å². The van der Waals surface area contributed by atoms with E-state index in [1.165, 1.54) is 0 Å². The maximum absolute atomic E-state index is 10.2. The smallest absolute Gasteiger partial charge is 0.105 e. The summed E-state index contributed by atoms with van der Waals surface area (Å²) in [5, 5.41) is 22.2. The van der Waals surface area contributed by atoms with Gasteiger partial charge in [0.2, 0.25) is 0 Å². The van der Waals surface area contributed by atoms with Gasteiger partial charge in [-0.25, -0.2) is 0 Å². The van der Waals surface area contributed by atoms with Crippen LogP contribution in [0.2, 0.25) is 0 Å². The van der Waals surface area contributed by atoms with E-state index in [9.17, 15) is 10.2 Å². The highest BCUT2D eigenvalue weighted by Gasteiger charge is 2.20. The highest BCUT2D eigenvalue weighted by Crippen LogP contribution is 2.29. The van der Waals surface area contributed by atoms with Crippen molar-refractivity contribution < 1.29 is 10.2 Å². The molecule has 18 heavy (non-hydrogen) atoms. The number of hydrogen-bond acceptors (Lipinski definition) is 2. The third-order valence-electron chi connectivity index (χ3n) is 3.26. The molecule has 0 bridgehead atoms. The number of aliphatic hydroxyl groups is 2. The van der Waals surface area contributed by atoms with E-state index in [1.807, 2.05) is 43.3 Å². The summed E-state index contributed by atoms with van der Waals surface area (Å²) in [5.74, 6) is 0.335. The zero-order valence-corrected chi connectivity index (χ0v) is 11.1. The van der Waals surface area contributed by atoms with E-state index in [4.69, 9.17) is 11.6 Å². The largest absolute Gasteiger partial charge is 0.390 e. The summed E-state index contributed by atoms with van der Waals surface area (Å²) in [6.45, 7) is 2.04. The molecule has 0 saturated heterocycles. The Morgan fingerprint density at radius 3 is 2.39 bits per heavy atom. The number of fused-ring (bicyclic) bond motifs is 1. The molecule has 3 heteroatoms. The van der Waals surface area contributed by atoms with Gasteiger partial charge in [-0.3, -0.25) is 0 Å². The fourth-order valence-electron chi connectivity index (χ4n) is 2.21. The lowest BCUT2D eigenvalue weighted by atomic mass is 9.94. The molecule has 2 aromatic rings. The minimum atomic E-state index is -0.894. The number of benzene rings is 2. The van der Waals surface area contributed by atoms with Crippen LogP contribution >= 0.6 is 11.6 Å². The summed E-state index contributed by atoms with van der Waals surface area (Å²) < 4.78 is 0. The van der Waals surface area contributed by atoms with E-state index < -0.39 is 12.2 Å². The second-order valence-electron chi connectivity index (χ2n) is 4.51. The van der Waals surface area contributed by atoms with Gasteiger partial charge < -0.3 is 10.2 Å². The van der Waals surface area contributed by atoms with E-state index in [0.717, 1.165) is 21.9 Å². The van der Waals surface area contributed by atoms with Gasteiger partial charge in [0, 0.05) is 5.88 Å². The van der Waals surface area contributed by atoms with Gasteiger partial charge in [-0.1, -0.05) is 36.4 Å². The molecule has 2 N–H and O–H groups in total. The predicted molar refractivity (Wildman–Crippen MR) is 75.0 cm³/mol. The first-order chi connectivity index (χ1) is 8.65. The van der Waals surface area contributed by atoms with Crippen molar-refractivity contribution in [2.45, 2.75) is 25.6 Å². The van der Waals surface area contributed by atoms with Crippen molar-refractivity contribution in [3.63, 3.8) is 0 Å². The molecular weight excluding hydrogens is 248 g/mol. The van der Waals surface area contributed by atoms with Crippen LogP contribution in [-0.2, 0) is 0 Å². The summed E-state index contributed by atoms with van der Waals surface area (Å²) in [6.07, 6.45) is -1.34. The van der Waals surface area contributed by atoms with Crippen molar-refractivity contribution in [1.29, 1.82) is 0 Å². The Bertz CT molecular complexity index is 539. The van der Waals surface area contributed by atoms with Crippen LogP contribution in [0.15, 0.2) is 36.4 Å². The van der Waals surface area contributed by atoms with Crippen LogP contribution in [0.1, 0.15) is 23.7 Å². The third-order valence-corrected chi connectivity index (χ3v) is 3.48. The molecule has 0 aliphatic heterocycles. The van der Waals surface area contributed by atoms with Crippen molar-refractivity contribution in [1.82, 2.24) is 0 Å². The SMILES string of the molecule is Cc1ccc(C(O)C(O)CCCl)c2ccccc12. The molecule has 0 saturated carbocycles. The van der Waals surface area contributed by atoms with Gasteiger partial charge in [-0.15, -0.1) is 11.6 Å². The molecule has 0 aliphatic carbocycles. The number of alkyl halides is 1. The van der Waals surface area contributed by atoms with E-state index in [1.54, 1.807) is 0 Å². The highest BCUT2D eigenvalue weighted by atomic mass is 35.5. The maximum atomic E-state index is 10.2. The summed E-state index contributed by atoms with van der Waals surface area (Å²) in [4.78, 5) is 0. The minimum absolute atomic E-state index is 0.335. The summed E-state index contributed by atoms with van der Waals surface area (Å²) in [5.41, 5.74) is 1.92. The van der Waals surface area contributed by atoms with E-state index in [2.05, 4.69) is 0 Å². The Kier molecular flexibility index (Phi) is 4.23. The first kappa shape index (κ1) is 13.3. The Morgan fingerprint density at radius 1 is 1.06 bits per heavy atom. The minimum Gasteiger partial charge on any atom is -0.390 e. The average Bonchev–Trinajstić information content (AvgIpc) is 2.39. The van der Waals surface area contributed by atoms with Crippen LogP contribution in [0.4, 0.5) is 0 Å². The van der Waals surface area contributed by atoms with Crippen LogP contribution in [0.5, 0.6) is 0 Å². The van der Waals surface area contributed by atoms with Crippen molar-refractivity contribution >= 4 is 22.4 Å². The van der Waals surface area contributed by atoms with Crippen LogP contribution in [0.3, 0.4) is 0 Å². The lowest BCUT2D eigenvalue weighted by molar-refractivity contribution is 0.0178. The van der Waals surface area contributed by atoms with E-state index in [-0.39, 0.29) is 0 Å². The molecular formula is C15H17ClO2. The van der Waals surface area contributed by atoms with Crippen molar-refractivity contribution in [3.05, 3.63) is 47.5 Å². The lowest BCUT2D eigenvalue weighted by Crippen LogP contribution is -2.19. The molecule has 0 spiro atoms. The van der Waals surface area contributed by atoms with Crippen LogP contribution in [0, 0.1) is 6.92 Å². The van der Waals surface area contributed by atoms with Crippen LogP contribution in [-0.4, -0.2) is 22.2 Å². The van der Waals surface area contributed by atoms with Crippen molar-refractivity contribution in [2.24, 2.45) is 0 Å². The molecule has 2 unspecified atom stereocenters. The zero-order valence-electron chi connectivity index (χ0n) is 10.3. The second kappa shape index (κ2) is 5.70. The molecule has 0 aliphatic rings. The molecule has 0 aromatic heterocycles. The van der Waals surface area contributed by atoms with Gasteiger partial charge in [0.15, 0.2) is 0 Å². The Balaban J connectivity index is 2.48. The molecule has 2 atom stereocenters. The molecule has 2 nitrogen and oxygen atoms in total. The molecule has 96 valence electrons. The molecule has 0 amide bonds. The van der Waals surface area contributed by atoms with Gasteiger partial charge in [0.25, 0.3) is 0 Å². The van der Waals surface area contributed by atoms with Gasteiger partial charge in [-0.2, -0.15) is 0 Å². The molecule has 0 fully saturated rings. The Morgan fingerprint density at radius 2 is 1.72 bits per heavy atom. The molecule has 0 radical (unpaired) electrons. The number of aliphatic hydroxyl groups excluding tert-OH is 2. The number of hydrogen-bond donors (Lipinski definition) is 2. The molecule has 2 rings (SSSR count). The lowest BCUT2D eigenvalue weighted by Gasteiger charge is -2.19. The first-order valence-corrected chi connectivity index (χ1v) is 6.59. The van der Waals surface area contributed by atoms with Gasteiger partial charge in [0.05, 0.1) is 6.10 Å². The summed E-state index contributed by atoms with van der Waals surface area (Å²) >= 11 is 5.60. The van der Waals surface area contributed by atoms with Crippen LogP contribution < -0.4 is 0 Å². The quantitative estimate of drug-likeness (QED) is 0.833. The number of rotatable bonds is 4. The first-order valence-electron chi connectivity index (χ1n) is 6.05. The Hall–Kier alpha value is -1.09. The molecule has 0 heterocycles. The zero-order chi connectivity index (χ0) is 13.1. The van der Waals surface area contributed by atoms with Crippen molar-refractivity contribution in [2.75, 3.05) is 5.88 Å². The Labute approximate surface area is 112 Å². The number of aryl methyl sites for hydroxylation is 1. The van der Waals surface area contributed by atoms with E-state index >= 15 is 0 Å². The predicted octanol–water partition coefficient (Wildman–Crippen LogP) is 3.17. The van der Waals surface area contributed by atoms with Crippen LogP contribution in [0.25, 0.3) is 10.8 Å². The third kappa shape index (κ3) is 2.51. The monoisotopic (exact) mass is 264 g/mol. The fourth-order valence-corrected chi connectivity index (χ4v) is 2.43. The maximum Gasteiger partial charge on any atom is 0.105 e. The fraction of sp³-hybridized carbons (Fsp3) is 0.333. The molecule has 2 aromatic carbocycles. The standard InChI is InChI=1S/C15H17ClO2/c1-10-6-7-13(15(18)14(17)8-9-16)12-5-3-2-4-11(10)12/h2-7,14-15,17-18H,8-9H2,1H3.